The second-order valence-corrected chi connectivity index (χ2v) is 5.32. The van der Waals surface area contributed by atoms with Crippen molar-refractivity contribution in [2.45, 2.75) is 26.4 Å². The minimum Gasteiger partial charge on any atom is -0.493 e. The van der Waals surface area contributed by atoms with E-state index in [2.05, 4.69) is 5.32 Å². The average Bonchev–Trinajstić information content (AvgIpc) is 2.57. The molecule has 2 N–H and O–H groups in total. The summed E-state index contributed by atoms with van der Waals surface area (Å²) in [5.74, 6) is -0.987. The van der Waals surface area contributed by atoms with Gasteiger partial charge in [-0.3, -0.25) is 5.32 Å². The first kappa shape index (κ1) is 14.3. The van der Waals surface area contributed by atoms with Crippen molar-refractivity contribution in [3.63, 3.8) is 0 Å². The van der Waals surface area contributed by atoms with E-state index >= 15 is 0 Å². The highest BCUT2D eigenvalue weighted by Crippen LogP contribution is 2.36. The van der Waals surface area contributed by atoms with E-state index in [0.717, 1.165) is 11.3 Å². The molecule has 0 spiro atoms. The number of rotatable bonds is 3. The van der Waals surface area contributed by atoms with E-state index in [9.17, 15) is 9.59 Å². The number of thiophene rings is 1. The van der Waals surface area contributed by atoms with Crippen molar-refractivity contribution in [1.82, 2.24) is 0 Å². The number of carboxylic acid groups (broad SMARTS) is 1. The first-order chi connectivity index (χ1) is 8.24. The van der Waals surface area contributed by atoms with Gasteiger partial charge in [0.05, 0.1) is 7.11 Å². The van der Waals surface area contributed by atoms with Crippen molar-refractivity contribution in [1.29, 1.82) is 0 Å². The summed E-state index contributed by atoms with van der Waals surface area (Å²) in [6.07, 6.45) is -0.653. The summed E-state index contributed by atoms with van der Waals surface area (Å²) in [6.45, 7) is 5.21. The van der Waals surface area contributed by atoms with Crippen molar-refractivity contribution in [3.05, 3.63) is 10.9 Å². The van der Waals surface area contributed by atoms with Gasteiger partial charge in [0.25, 0.3) is 0 Å². The van der Waals surface area contributed by atoms with Crippen LogP contribution >= 0.6 is 11.3 Å². The quantitative estimate of drug-likeness (QED) is 0.884. The second kappa shape index (κ2) is 5.26. The third-order valence-electron chi connectivity index (χ3n) is 1.79. The molecule has 1 aromatic heterocycles. The number of carbonyl (C=O) groups excluding carboxylic acids is 1. The lowest BCUT2D eigenvalue weighted by atomic mass is 10.2. The number of carboxylic acids is 1. The molecule has 1 heterocycles. The first-order valence-corrected chi connectivity index (χ1v) is 6.01. The predicted octanol–water partition coefficient (Wildman–Crippen LogP) is 2.80. The minimum atomic E-state index is -1.11. The number of carbonyl (C=O) groups is 2. The van der Waals surface area contributed by atoms with E-state index in [1.807, 2.05) is 0 Å². The van der Waals surface area contributed by atoms with Gasteiger partial charge in [0.2, 0.25) is 0 Å². The van der Waals surface area contributed by atoms with Gasteiger partial charge in [0, 0.05) is 5.38 Å². The Morgan fingerprint density at radius 2 is 2.00 bits per heavy atom. The highest BCUT2D eigenvalue weighted by molar-refractivity contribution is 7.15. The zero-order valence-corrected chi connectivity index (χ0v) is 11.4. The van der Waals surface area contributed by atoms with Crippen molar-refractivity contribution in [2.75, 3.05) is 12.4 Å². The third-order valence-corrected chi connectivity index (χ3v) is 2.67. The summed E-state index contributed by atoms with van der Waals surface area (Å²) in [7, 11) is 1.34. The summed E-state index contributed by atoms with van der Waals surface area (Å²) in [4.78, 5) is 22.4. The van der Waals surface area contributed by atoms with Crippen LogP contribution in [0.3, 0.4) is 0 Å². The van der Waals surface area contributed by atoms with Crippen LogP contribution in [0.5, 0.6) is 5.75 Å². The van der Waals surface area contributed by atoms with Gasteiger partial charge < -0.3 is 14.6 Å². The van der Waals surface area contributed by atoms with Crippen molar-refractivity contribution >= 4 is 28.4 Å². The molecule has 6 nitrogen and oxygen atoms in total. The fourth-order valence-electron chi connectivity index (χ4n) is 1.18. The van der Waals surface area contributed by atoms with Crippen LogP contribution in [-0.2, 0) is 4.74 Å². The lowest BCUT2D eigenvalue weighted by Gasteiger charge is -2.19. The Morgan fingerprint density at radius 3 is 2.44 bits per heavy atom. The highest BCUT2D eigenvalue weighted by atomic mass is 32.1. The van der Waals surface area contributed by atoms with Gasteiger partial charge in [0.15, 0.2) is 5.75 Å². The van der Waals surface area contributed by atoms with E-state index in [1.165, 1.54) is 12.5 Å². The summed E-state index contributed by atoms with van der Waals surface area (Å²) in [5, 5.41) is 13.1. The van der Waals surface area contributed by atoms with Crippen molar-refractivity contribution < 1.29 is 24.2 Å². The van der Waals surface area contributed by atoms with E-state index in [1.54, 1.807) is 20.8 Å². The van der Waals surface area contributed by atoms with Crippen LogP contribution in [0.1, 0.15) is 31.1 Å². The molecule has 7 heteroatoms. The molecule has 1 rings (SSSR count). The van der Waals surface area contributed by atoms with E-state index < -0.39 is 17.7 Å². The van der Waals surface area contributed by atoms with Crippen LogP contribution in [0.15, 0.2) is 5.38 Å². The van der Waals surface area contributed by atoms with Gasteiger partial charge in [-0.05, 0) is 20.8 Å². The Morgan fingerprint density at radius 1 is 1.39 bits per heavy atom. The highest BCUT2D eigenvalue weighted by Gasteiger charge is 2.22. The molecule has 100 valence electrons. The number of aromatic carboxylic acids is 1. The maximum atomic E-state index is 11.5. The standard InChI is InChI=1S/C11H15NO5S/c1-11(2,3)17-10(15)12-8-7(16-4)6(5-18-8)9(13)14/h5H,1-4H3,(H,12,15)(H,13,14). The van der Waals surface area contributed by atoms with Crippen LogP contribution in [0.4, 0.5) is 9.80 Å². The van der Waals surface area contributed by atoms with Gasteiger partial charge in [-0.1, -0.05) is 0 Å². The second-order valence-electron chi connectivity index (χ2n) is 4.44. The number of ether oxygens (including phenoxy) is 2. The Labute approximate surface area is 109 Å². The predicted molar refractivity (Wildman–Crippen MR) is 67.7 cm³/mol. The molecule has 0 fully saturated rings. The largest absolute Gasteiger partial charge is 0.493 e. The fraction of sp³-hybridized carbons (Fsp3) is 0.455. The molecule has 0 aliphatic heterocycles. The lowest BCUT2D eigenvalue weighted by molar-refractivity contribution is 0.0632. The molecule has 18 heavy (non-hydrogen) atoms. The van der Waals surface area contributed by atoms with Crippen LogP contribution in [0.2, 0.25) is 0 Å². The number of hydrogen-bond acceptors (Lipinski definition) is 5. The summed E-state index contributed by atoms with van der Waals surface area (Å²) < 4.78 is 10.0. The smallest absolute Gasteiger partial charge is 0.412 e. The number of hydrogen-bond donors (Lipinski definition) is 2. The number of amides is 1. The van der Waals surface area contributed by atoms with Crippen molar-refractivity contribution in [3.8, 4) is 5.75 Å². The van der Waals surface area contributed by atoms with Crippen LogP contribution in [0, 0.1) is 0 Å². The summed E-state index contributed by atoms with van der Waals surface area (Å²) in [6, 6.07) is 0. The van der Waals surface area contributed by atoms with E-state index in [4.69, 9.17) is 14.6 Å². The Bertz CT molecular complexity index is 460. The molecule has 0 atom stereocenters. The van der Waals surface area contributed by atoms with Gasteiger partial charge in [-0.2, -0.15) is 0 Å². The lowest BCUT2D eigenvalue weighted by Crippen LogP contribution is -2.27. The maximum Gasteiger partial charge on any atom is 0.412 e. The molecule has 1 amide bonds. The number of methoxy groups -OCH3 is 1. The summed E-state index contributed by atoms with van der Waals surface area (Å²) >= 11 is 1.07. The number of nitrogens with one attached hydrogen (secondary N) is 1. The van der Waals surface area contributed by atoms with Gasteiger partial charge >= 0.3 is 12.1 Å². The van der Waals surface area contributed by atoms with Gasteiger partial charge in [0.1, 0.15) is 16.2 Å². The average molecular weight is 273 g/mol. The van der Waals surface area contributed by atoms with Crippen LogP contribution in [-0.4, -0.2) is 29.9 Å². The fourth-order valence-corrected chi connectivity index (χ4v) is 2.07. The maximum absolute atomic E-state index is 11.5. The zero-order chi connectivity index (χ0) is 13.9. The Balaban J connectivity index is 2.85. The molecule has 0 aliphatic rings. The topological polar surface area (TPSA) is 84.9 Å². The van der Waals surface area contributed by atoms with Crippen molar-refractivity contribution in [2.24, 2.45) is 0 Å². The molecule has 0 unspecified atom stereocenters. The SMILES string of the molecule is COc1c(C(=O)O)csc1NC(=O)OC(C)(C)C. The molecule has 0 aromatic carbocycles. The Hall–Kier alpha value is -1.76. The molecule has 0 saturated heterocycles. The molecule has 0 bridgehead atoms. The molecule has 0 radical (unpaired) electrons. The monoisotopic (exact) mass is 273 g/mol. The van der Waals surface area contributed by atoms with E-state index in [-0.39, 0.29) is 11.3 Å². The first-order valence-electron chi connectivity index (χ1n) is 5.13. The van der Waals surface area contributed by atoms with E-state index in [0.29, 0.717) is 5.00 Å². The Kier molecular flexibility index (Phi) is 4.18. The van der Waals surface area contributed by atoms with Crippen LogP contribution < -0.4 is 10.1 Å². The minimum absolute atomic E-state index is 0.00792. The van der Waals surface area contributed by atoms with Gasteiger partial charge in [-0.25, -0.2) is 9.59 Å². The normalized spacial score (nSPS) is 10.9. The molecular weight excluding hydrogens is 258 g/mol. The number of anilines is 1. The van der Waals surface area contributed by atoms with Gasteiger partial charge in [-0.15, -0.1) is 11.3 Å². The third kappa shape index (κ3) is 3.63. The van der Waals surface area contributed by atoms with Crippen LogP contribution in [0.25, 0.3) is 0 Å². The summed E-state index contributed by atoms with van der Waals surface area (Å²) in [5.41, 5.74) is -0.613. The zero-order valence-electron chi connectivity index (χ0n) is 10.6. The molecule has 1 aromatic rings. The molecule has 0 saturated carbocycles. The molecule has 0 aliphatic carbocycles. The molecular formula is C11H15NO5S.